The van der Waals surface area contributed by atoms with Gasteiger partial charge in [-0.25, -0.2) is 0 Å². The number of hydrogen-bond acceptors (Lipinski definition) is 2. The van der Waals surface area contributed by atoms with Crippen molar-refractivity contribution in [2.75, 3.05) is 26.2 Å². The Bertz CT molecular complexity index is 331. The average Bonchev–Trinajstić information content (AvgIpc) is 2.83. The molecule has 1 fully saturated rings. The van der Waals surface area contributed by atoms with Crippen molar-refractivity contribution in [2.45, 2.75) is 12.8 Å². The van der Waals surface area contributed by atoms with E-state index in [-0.39, 0.29) is 5.91 Å². The van der Waals surface area contributed by atoms with Crippen molar-refractivity contribution in [2.24, 2.45) is 0 Å². The van der Waals surface area contributed by atoms with E-state index in [1.807, 2.05) is 0 Å². The van der Waals surface area contributed by atoms with Crippen LogP contribution in [0, 0.1) is 6.07 Å². The normalized spacial score (nSPS) is 16.2. The highest BCUT2D eigenvalue weighted by Crippen LogP contribution is 2.05. The second kappa shape index (κ2) is 5.66. The SMILES string of the molecule is O=C(NCCN1CCCC1)c1cc[c]cc1. The molecule has 0 unspecified atom stereocenters. The third-order valence-corrected chi connectivity index (χ3v) is 2.89. The second-order valence-electron chi connectivity index (χ2n) is 4.09. The van der Waals surface area contributed by atoms with Gasteiger partial charge in [-0.2, -0.15) is 0 Å². The van der Waals surface area contributed by atoms with Crippen LogP contribution in [0.25, 0.3) is 0 Å². The molecule has 3 heteroatoms. The number of likely N-dealkylation sites (tertiary alicyclic amines) is 1. The summed E-state index contributed by atoms with van der Waals surface area (Å²) < 4.78 is 0. The van der Waals surface area contributed by atoms with Crippen LogP contribution in [0.4, 0.5) is 0 Å². The third-order valence-electron chi connectivity index (χ3n) is 2.89. The summed E-state index contributed by atoms with van der Waals surface area (Å²) in [6.07, 6.45) is 2.59. The summed E-state index contributed by atoms with van der Waals surface area (Å²) in [6.45, 7) is 4.05. The molecule has 0 spiro atoms. The van der Waals surface area contributed by atoms with Gasteiger partial charge in [0, 0.05) is 18.7 Å². The maximum absolute atomic E-state index is 11.7. The van der Waals surface area contributed by atoms with E-state index in [4.69, 9.17) is 0 Å². The fraction of sp³-hybridized carbons (Fsp3) is 0.462. The van der Waals surface area contributed by atoms with E-state index in [0.29, 0.717) is 5.56 Å². The first-order valence-corrected chi connectivity index (χ1v) is 5.83. The smallest absolute Gasteiger partial charge is 0.251 e. The predicted octanol–water partition coefficient (Wildman–Crippen LogP) is 1.31. The molecule has 2 rings (SSSR count). The van der Waals surface area contributed by atoms with Gasteiger partial charge in [-0.3, -0.25) is 4.79 Å². The zero-order chi connectivity index (χ0) is 11.2. The first-order chi connectivity index (χ1) is 7.86. The van der Waals surface area contributed by atoms with Crippen LogP contribution in [0.15, 0.2) is 24.3 Å². The molecular weight excluding hydrogens is 200 g/mol. The number of amides is 1. The Morgan fingerprint density at radius 3 is 2.69 bits per heavy atom. The van der Waals surface area contributed by atoms with Crippen LogP contribution in [0.1, 0.15) is 23.2 Å². The van der Waals surface area contributed by atoms with Gasteiger partial charge in [-0.15, -0.1) is 0 Å². The van der Waals surface area contributed by atoms with E-state index in [1.165, 1.54) is 25.9 Å². The molecule has 1 aromatic rings. The summed E-state index contributed by atoms with van der Waals surface area (Å²) in [5.41, 5.74) is 0.708. The van der Waals surface area contributed by atoms with Crippen LogP contribution in [-0.2, 0) is 0 Å². The van der Waals surface area contributed by atoms with E-state index in [1.54, 1.807) is 24.3 Å². The van der Waals surface area contributed by atoms with Gasteiger partial charge in [-0.05, 0) is 44.1 Å². The number of nitrogens with one attached hydrogen (secondary N) is 1. The Morgan fingerprint density at radius 2 is 2.00 bits per heavy atom. The lowest BCUT2D eigenvalue weighted by molar-refractivity contribution is 0.0950. The van der Waals surface area contributed by atoms with Gasteiger partial charge >= 0.3 is 0 Å². The van der Waals surface area contributed by atoms with Gasteiger partial charge < -0.3 is 10.2 Å². The largest absolute Gasteiger partial charge is 0.351 e. The number of nitrogens with zero attached hydrogens (tertiary/aromatic N) is 1. The van der Waals surface area contributed by atoms with Crippen molar-refractivity contribution < 1.29 is 4.79 Å². The zero-order valence-electron chi connectivity index (χ0n) is 9.41. The van der Waals surface area contributed by atoms with E-state index in [9.17, 15) is 4.79 Å². The summed E-state index contributed by atoms with van der Waals surface area (Å²) in [6, 6.07) is 9.98. The monoisotopic (exact) mass is 217 g/mol. The minimum absolute atomic E-state index is 0.00759. The Morgan fingerprint density at radius 1 is 1.31 bits per heavy atom. The Kier molecular flexibility index (Phi) is 3.94. The highest BCUT2D eigenvalue weighted by Gasteiger charge is 2.11. The standard InChI is InChI=1S/C13H17N2O/c16-13(12-6-2-1-3-7-12)14-8-11-15-9-4-5-10-15/h2-3,6-7H,4-5,8-11H2,(H,14,16). The molecule has 1 aliphatic rings. The summed E-state index contributed by atoms with van der Waals surface area (Å²) in [4.78, 5) is 14.1. The third kappa shape index (κ3) is 3.07. The topological polar surface area (TPSA) is 32.3 Å². The average molecular weight is 217 g/mol. The fourth-order valence-electron chi connectivity index (χ4n) is 1.97. The zero-order valence-corrected chi connectivity index (χ0v) is 9.41. The minimum Gasteiger partial charge on any atom is -0.351 e. The maximum atomic E-state index is 11.7. The van der Waals surface area contributed by atoms with Crippen molar-refractivity contribution in [1.29, 1.82) is 0 Å². The lowest BCUT2D eigenvalue weighted by Crippen LogP contribution is -2.33. The number of carbonyl (C=O) groups excluding carboxylic acids is 1. The molecule has 0 aliphatic carbocycles. The molecule has 0 aromatic heterocycles. The molecule has 0 saturated carbocycles. The molecule has 16 heavy (non-hydrogen) atoms. The predicted molar refractivity (Wildman–Crippen MR) is 63.3 cm³/mol. The maximum Gasteiger partial charge on any atom is 0.251 e. The first-order valence-electron chi connectivity index (χ1n) is 5.83. The fourth-order valence-corrected chi connectivity index (χ4v) is 1.97. The van der Waals surface area contributed by atoms with E-state index in [0.717, 1.165) is 13.1 Å². The lowest BCUT2D eigenvalue weighted by atomic mass is 10.2. The van der Waals surface area contributed by atoms with E-state index >= 15 is 0 Å². The van der Waals surface area contributed by atoms with Gasteiger partial charge in [0.15, 0.2) is 0 Å². The summed E-state index contributed by atoms with van der Waals surface area (Å²) in [5, 5.41) is 2.93. The van der Waals surface area contributed by atoms with Crippen LogP contribution >= 0.6 is 0 Å². The van der Waals surface area contributed by atoms with Gasteiger partial charge in [0.2, 0.25) is 0 Å². The van der Waals surface area contributed by atoms with Crippen molar-refractivity contribution in [3.05, 3.63) is 35.9 Å². The van der Waals surface area contributed by atoms with Crippen LogP contribution in [0.3, 0.4) is 0 Å². The molecule has 0 bridgehead atoms. The van der Waals surface area contributed by atoms with Crippen molar-refractivity contribution in [3.8, 4) is 0 Å². The quantitative estimate of drug-likeness (QED) is 0.824. The molecule has 1 amide bonds. The van der Waals surface area contributed by atoms with E-state index < -0.39 is 0 Å². The van der Waals surface area contributed by atoms with E-state index in [2.05, 4.69) is 16.3 Å². The molecule has 1 saturated heterocycles. The lowest BCUT2D eigenvalue weighted by Gasteiger charge is -2.14. The molecular formula is C13H17N2O. The first kappa shape index (κ1) is 11.1. The van der Waals surface area contributed by atoms with Crippen LogP contribution in [0.5, 0.6) is 0 Å². The van der Waals surface area contributed by atoms with Crippen molar-refractivity contribution >= 4 is 5.91 Å². The second-order valence-corrected chi connectivity index (χ2v) is 4.09. The molecule has 1 aromatic carbocycles. The number of rotatable bonds is 4. The molecule has 0 atom stereocenters. The van der Waals surface area contributed by atoms with Gasteiger partial charge in [-0.1, -0.05) is 12.1 Å². The van der Waals surface area contributed by atoms with Crippen molar-refractivity contribution in [3.63, 3.8) is 0 Å². The molecule has 1 N–H and O–H groups in total. The number of benzene rings is 1. The van der Waals surface area contributed by atoms with Crippen molar-refractivity contribution in [1.82, 2.24) is 10.2 Å². The molecule has 1 radical (unpaired) electrons. The molecule has 3 nitrogen and oxygen atoms in total. The molecule has 1 aliphatic heterocycles. The minimum atomic E-state index is 0.00759. The Balaban J connectivity index is 1.71. The summed E-state index contributed by atoms with van der Waals surface area (Å²) >= 11 is 0. The van der Waals surface area contributed by atoms with Crippen LogP contribution < -0.4 is 5.32 Å². The number of hydrogen-bond donors (Lipinski definition) is 1. The molecule has 1 heterocycles. The Hall–Kier alpha value is -1.35. The van der Waals surface area contributed by atoms with Crippen LogP contribution in [0.2, 0.25) is 0 Å². The highest BCUT2D eigenvalue weighted by molar-refractivity contribution is 5.94. The molecule has 85 valence electrons. The Labute approximate surface area is 96.5 Å². The van der Waals surface area contributed by atoms with Gasteiger partial charge in [0.1, 0.15) is 0 Å². The summed E-state index contributed by atoms with van der Waals surface area (Å²) in [5.74, 6) is 0.00759. The van der Waals surface area contributed by atoms with Gasteiger partial charge in [0.25, 0.3) is 5.91 Å². The highest BCUT2D eigenvalue weighted by atomic mass is 16.1. The van der Waals surface area contributed by atoms with Gasteiger partial charge in [0.05, 0.1) is 0 Å². The number of carbonyl (C=O) groups is 1. The summed E-state index contributed by atoms with van der Waals surface area (Å²) in [7, 11) is 0. The van der Waals surface area contributed by atoms with Crippen LogP contribution in [-0.4, -0.2) is 37.0 Å².